The van der Waals surface area contributed by atoms with Crippen molar-refractivity contribution in [1.82, 2.24) is 0 Å². The number of rotatable bonds is 8. The molecule has 0 amide bonds. The van der Waals surface area contributed by atoms with Crippen molar-refractivity contribution in [2.45, 2.75) is 6.61 Å². The molecule has 0 saturated carbocycles. The van der Waals surface area contributed by atoms with Crippen molar-refractivity contribution in [1.29, 1.82) is 0 Å². The molecule has 1 aliphatic heterocycles. The quantitative estimate of drug-likeness (QED) is 0.374. The second kappa shape index (κ2) is 9.91. The third-order valence-electron chi connectivity index (χ3n) is 4.96. The first-order chi connectivity index (χ1) is 16.1. The van der Waals surface area contributed by atoms with Crippen LogP contribution in [0.3, 0.4) is 0 Å². The molecule has 0 aromatic heterocycles. The predicted molar refractivity (Wildman–Crippen MR) is 121 cm³/mol. The number of allylic oxidation sites excluding steroid dienone is 1. The number of fused-ring (bicyclic) bond motifs is 1. The Morgan fingerprint density at radius 2 is 1.73 bits per heavy atom. The minimum Gasteiger partial charge on any atom is -0.497 e. The molecule has 1 heterocycles. The summed E-state index contributed by atoms with van der Waals surface area (Å²) in [6, 6.07) is 19.4. The third-order valence-corrected chi connectivity index (χ3v) is 4.96. The van der Waals surface area contributed by atoms with Crippen LogP contribution in [-0.2, 0) is 16.1 Å². The first-order valence-corrected chi connectivity index (χ1v) is 10.2. The summed E-state index contributed by atoms with van der Waals surface area (Å²) >= 11 is 0. The lowest BCUT2D eigenvalue weighted by Crippen LogP contribution is -2.14. The zero-order valence-corrected chi connectivity index (χ0v) is 18.2. The second-order valence-corrected chi connectivity index (χ2v) is 7.14. The van der Waals surface area contributed by atoms with Crippen LogP contribution in [-0.4, -0.2) is 32.6 Å². The molecular formula is C26H22O7. The molecule has 0 fully saturated rings. The molecule has 7 heteroatoms. The van der Waals surface area contributed by atoms with Crippen molar-refractivity contribution < 1.29 is 33.3 Å². The van der Waals surface area contributed by atoms with Crippen molar-refractivity contribution in [3.63, 3.8) is 0 Å². The molecule has 0 atom stereocenters. The van der Waals surface area contributed by atoms with E-state index in [1.807, 2.05) is 30.3 Å². The van der Waals surface area contributed by atoms with E-state index in [1.165, 1.54) is 0 Å². The molecule has 4 rings (SSSR count). The summed E-state index contributed by atoms with van der Waals surface area (Å²) in [4.78, 5) is 24.8. The second-order valence-electron chi connectivity index (χ2n) is 7.14. The molecule has 0 spiro atoms. The summed E-state index contributed by atoms with van der Waals surface area (Å²) in [6.07, 6.45) is 1.60. The smallest absolute Gasteiger partial charge is 0.344 e. The minimum absolute atomic E-state index is 0.149. The van der Waals surface area contributed by atoms with Crippen LogP contribution in [0.25, 0.3) is 6.08 Å². The first-order valence-electron chi connectivity index (χ1n) is 10.2. The van der Waals surface area contributed by atoms with Gasteiger partial charge in [-0.25, -0.2) is 4.79 Å². The topological polar surface area (TPSA) is 80.3 Å². The van der Waals surface area contributed by atoms with Gasteiger partial charge in [0.15, 0.2) is 12.4 Å². The summed E-state index contributed by atoms with van der Waals surface area (Å²) in [5.41, 5.74) is 1.94. The zero-order valence-electron chi connectivity index (χ0n) is 18.2. The molecule has 7 nitrogen and oxygen atoms in total. The van der Waals surface area contributed by atoms with Crippen LogP contribution in [0.1, 0.15) is 21.5 Å². The molecule has 0 aliphatic carbocycles. The highest BCUT2D eigenvalue weighted by molar-refractivity contribution is 6.14. The molecule has 0 unspecified atom stereocenters. The number of benzene rings is 3. The standard InChI is InChI=1S/C26H22O7/c1-29-19-9-11-22(30-2)18(12-19)13-24-26(28)21-10-8-20(14-23(21)33-24)31-16-25(27)32-15-17-6-4-3-5-7-17/h3-14H,15-16H2,1-2H3. The van der Waals surface area contributed by atoms with Crippen LogP contribution in [0.5, 0.6) is 23.0 Å². The van der Waals surface area contributed by atoms with Crippen molar-refractivity contribution in [3.05, 3.63) is 89.2 Å². The van der Waals surface area contributed by atoms with E-state index in [0.717, 1.165) is 5.56 Å². The molecular weight excluding hydrogens is 424 g/mol. The highest BCUT2D eigenvalue weighted by atomic mass is 16.6. The summed E-state index contributed by atoms with van der Waals surface area (Å²) in [6.45, 7) is -0.0873. The summed E-state index contributed by atoms with van der Waals surface area (Å²) in [5, 5.41) is 0. The Morgan fingerprint density at radius 3 is 2.48 bits per heavy atom. The molecule has 0 bridgehead atoms. The lowest BCUT2D eigenvalue weighted by molar-refractivity contribution is -0.147. The number of hydrogen-bond donors (Lipinski definition) is 0. The Morgan fingerprint density at radius 1 is 0.939 bits per heavy atom. The first kappa shape index (κ1) is 22.0. The van der Waals surface area contributed by atoms with Gasteiger partial charge in [-0.3, -0.25) is 4.79 Å². The van der Waals surface area contributed by atoms with Gasteiger partial charge in [0.25, 0.3) is 0 Å². The van der Waals surface area contributed by atoms with Crippen LogP contribution in [0.2, 0.25) is 0 Å². The van der Waals surface area contributed by atoms with Gasteiger partial charge in [0.1, 0.15) is 29.6 Å². The molecule has 1 aliphatic rings. The van der Waals surface area contributed by atoms with Gasteiger partial charge >= 0.3 is 5.97 Å². The highest BCUT2D eigenvalue weighted by Gasteiger charge is 2.28. The number of carbonyl (C=O) groups excluding carboxylic acids is 2. The van der Waals surface area contributed by atoms with E-state index >= 15 is 0 Å². The summed E-state index contributed by atoms with van der Waals surface area (Å²) in [7, 11) is 3.11. The van der Waals surface area contributed by atoms with Crippen molar-refractivity contribution in [2.24, 2.45) is 0 Å². The van der Waals surface area contributed by atoms with E-state index in [-0.39, 0.29) is 24.8 Å². The molecule has 0 saturated heterocycles. The average molecular weight is 446 g/mol. The molecule has 168 valence electrons. The fourth-order valence-corrected chi connectivity index (χ4v) is 3.27. The van der Waals surface area contributed by atoms with E-state index in [9.17, 15) is 9.59 Å². The van der Waals surface area contributed by atoms with Gasteiger partial charge in [0, 0.05) is 11.6 Å². The Bertz CT molecular complexity index is 1200. The van der Waals surface area contributed by atoms with Crippen molar-refractivity contribution in [3.8, 4) is 23.0 Å². The van der Waals surface area contributed by atoms with Crippen LogP contribution in [0, 0.1) is 0 Å². The number of esters is 1. The van der Waals surface area contributed by atoms with Gasteiger partial charge in [0.2, 0.25) is 5.78 Å². The fraction of sp³-hybridized carbons (Fsp3) is 0.154. The number of carbonyl (C=O) groups is 2. The average Bonchev–Trinajstić information content (AvgIpc) is 3.16. The number of ketones is 1. The van der Waals surface area contributed by atoms with E-state index in [0.29, 0.717) is 34.1 Å². The van der Waals surface area contributed by atoms with Crippen molar-refractivity contribution >= 4 is 17.8 Å². The number of Topliss-reactive ketones (excluding diaryl/α,β-unsaturated/α-hetero) is 1. The number of hydrogen-bond acceptors (Lipinski definition) is 7. The van der Waals surface area contributed by atoms with Gasteiger partial charge in [-0.1, -0.05) is 30.3 Å². The summed E-state index contributed by atoms with van der Waals surface area (Å²) in [5.74, 6) is 1.33. The molecule has 3 aromatic carbocycles. The minimum atomic E-state index is -0.498. The largest absolute Gasteiger partial charge is 0.497 e. The monoisotopic (exact) mass is 446 g/mol. The van der Waals surface area contributed by atoms with Gasteiger partial charge in [-0.2, -0.15) is 0 Å². The lowest BCUT2D eigenvalue weighted by Gasteiger charge is -2.08. The predicted octanol–water partition coefficient (Wildman–Crippen LogP) is 4.44. The van der Waals surface area contributed by atoms with Gasteiger partial charge in [-0.05, 0) is 42.0 Å². The third kappa shape index (κ3) is 5.15. The molecule has 0 N–H and O–H groups in total. The molecule has 3 aromatic rings. The maximum Gasteiger partial charge on any atom is 0.344 e. The summed E-state index contributed by atoms with van der Waals surface area (Å²) < 4.78 is 27.1. The Labute approximate surface area is 191 Å². The van der Waals surface area contributed by atoms with E-state index < -0.39 is 5.97 Å². The van der Waals surface area contributed by atoms with E-state index in [1.54, 1.807) is 56.7 Å². The maximum absolute atomic E-state index is 12.8. The molecule has 0 radical (unpaired) electrons. The van der Waals surface area contributed by atoms with Crippen LogP contribution < -0.4 is 18.9 Å². The lowest BCUT2D eigenvalue weighted by atomic mass is 10.1. The van der Waals surface area contributed by atoms with Crippen LogP contribution >= 0.6 is 0 Å². The number of ether oxygens (including phenoxy) is 5. The highest BCUT2D eigenvalue weighted by Crippen LogP contribution is 2.36. The molecule has 33 heavy (non-hydrogen) atoms. The number of methoxy groups -OCH3 is 2. The van der Waals surface area contributed by atoms with E-state index in [2.05, 4.69) is 0 Å². The Kier molecular flexibility index (Phi) is 6.59. The zero-order chi connectivity index (χ0) is 23.2. The normalized spacial score (nSPS) is 13.3. The Balaban J connectivity index is 1.42. The van der Waals surface area contributed by atoms with Gasteiger partial charge < -0.3 is 23.7 Å². The van der Waals surface area contributed by atoms with E-state index in [4.69, 9.17) is 23.7 Å². The van der Waals surface area contributed by atoms with Gasteiger partial charge in [0.05, 0.1) is 19.8 Å². The fourth-order valence-electron chi connectivity index (χ4n) is 3.27. The van der Waals surface area contributed by atoms with Crippen LogP contribution in [0.15, 0.2) is 72.5 Å². The maximum atomic E-state index is 12.8. The van der Waals surface area contributed by atoms with Crippen molar-refractivity contribution in [2.75, 3.05) is 20.8 Å². The van der Waals surface area contributed by atoms with Crippen LogP contribution in [0.4, 0.5) is 0 Å². The Hall–Kier alpha value is -4.26. The van der Waals surface area contributed by atoms with Gasteiger partial charge in [-0.15, -0.1) is 0 Å². The SMILES string of the molecule is COc1ccc(OC)c(C=C2Oc3cc(OCC(=O)OCc4ccccc4)ccc3C2=O)c1.